The molecule has 1 fully saturated rings. The number of imide groups is 1. The summed E-state index contributed by atoms with van der Waals surface area (Å²) >= 11 is 1.35. The number of amides is 3. The van der Waals surface area contributed by atoms with Crippen molar-refractivity contribution in [2.45, 2.75) is 38.8 Å². The molecular weight excluding hydrogens is 385 g/mol. The number of thiazole rings is 1. The average molecular weight is 405 g/mol. The lowest BCUT2D eigenvalue weighted by atomic mass is 9.93. The van der Waals surface area contributed by atoms with Crippen molar-refractivity contribution in [3.63, 3.8) is 0 Å². The van der Waals surface area contributed by atoms with Crippen molar-refractivity contribution < 1.29 is 23.5 Å². The van der Waals surface area contributed by atoms with Crippen LogP contribution in [0.15, 0.2) is 29.6 Å². The number of carbonyl (C=O) groups excluding carboxylic acids is 3. The lowest BCUT2D eigenvalue weighted by Crippen LogP contribution is -2.46. The molecule has 3 amide bonds. The quantitative estimate of drug-likeness (QED) is 0.565. The van der Waals surface area contributed by atoms with Crippen LogP contribution in [0.4, 0.5) is 9.18 Å². The van der Waals surface area contributed by atoms with Gasteiger partial charge in [0.25, 0.3) is 5.91 Å². The first-order valence-electron chi connectivity index (χ1n) is 8.88. The highest BCUT2D eigenvalue weighted by atomic mass is 32.1. The number of ether oxygens (including phenoxy) is 1. The number of nitrogens with one attached hydrogen (secondary N) is 1. The van der Waals surface area contributed by atoms with E-state index in [4.69, 9.17) is 4.74 Å². The summed E-state index contributed by atoms with van der Waals surface area (Å²) in [7, 11) is 0. The van der Waals surface area contributed by atoms with Crippen LogP contribution < -0.4 is 5.32 Å². The molecule has 1 aliphatic rings. The van der Waals surface area contributed by atoms with Gasteiger partial charge in [-0.15, -0.1) is 11.3 Å². The molecule has 2 heterocycles. The highest BCUT2D eigenvalue weighted by Crippen LogP contribution is 2.26. The Balaban J connectivity index is 1.57. The fraction of sp³-hybridized carbons (Fsp3) is 0.368. The molecule has 3 rings (SSSR count). The summed E-state index contributed by atoms with van der Waals surface area (Å²) in [5.41, 5.74) is 0.348. The second-order valence-electron chi connectivity index (χ2n) is 6.42. The van der Waals surface area contributed by atoms with E-state index >= 15 is 0 Å². The van der Waals surface area contributed by atoms with Gasteiger partial charge in [0.2, 0.25) is 0 Å². The first-order valence-corrected chi connectivity index (χ1v) is 9.76. The summed E-state index contributed by atoms with van der Waals surface area (Å²) in [6.45, 7) is 3.10. The molecule has 1 saturated heterocycles. The van der Waals surface area contributed by atoms with Crippen molar-refractivity contribution in [1.82, 2.24) is 15.2 Å². The van der Waals surface area contributed by atoms with E-state index < -0.39 is 30.0 Å². The monoisotopic (exact) mass is 405 g/mol. The van der Waals surface area contributed by atoms with Crippen molar-refractivity contribution in [1.29, 1.82) is 0 Å². The van der Waals surface area contributed by atoms with E-state index in [0.29, 0.717) is 23.5 Å². The lowest BCUT2D eigenvalue weighted by Gasteiger charge is -2.22. The molecule has 0 spiro atoms. The first kappa shape index (κ1) is 19.9. The topological polar surface area (TPSA) is 88.6 Å². The van der Waals surface area contributed by atoms with Crippen LogP contribution in [-0.4, -0.2) is 39.9 Å². The molecule has 2 aromatic rings. The molecule has 0 bridgehead atoms. The second-order valence-corrected chi connectivity index (χ2v) is 7.28. The maximum Gasteiger partial charge on any atom is 0.326 e. The van der Waals surface area contributed by atoms with Crippen LogP contribution in [0.5, 0.6) is 0 Å². The molecule has 7 nitrogen and oxygen atoms in total. The SMILES string of the molecule is CCC1(CC)NC(=O)N(CC(=O)OCc2csc(-c3ccc(F)cc3)n2)C1=O. The molecule has 1 aromatic carbocycles. The molecule has 1 aliphatic heterocycles. The van der Waals surface area contributed by atoms with Crippen LogP contribution in [0.3, 0.4) is 0 Å². The summed E-state index contributed by atoms with van der Waals surface area (Å²) in [4.78, 5) is 41.9. The molecule has 28 heavy (non-hydrogen) atoms. The molecule has 0 saturated carbocycles. The van der Waals surface area contributed by atoms with E-state index in [0.717, 1.165) is 10.5 Å². The van der Waals surface area contributed by atoms with E-state index in [1.807, 2.05) is 13.8 Å². The Labute approximate surface area is 165 Å². The van der Waals surface area contributed by atoms with Crippen molar-refractivity contribution in [3.8, 4) is 10.6 Å². The van der Waals surface area contributed by atoms with Crippen molar-refractivity contribution in [3.05, 3.63) is 41.2 Å². The lowest BCUT2D eigenvalue weighted by molar-refractivity contribution is -0.149. The molecule has 9 heteroatoms. The Kier molecular flexibility index (Phi) is 5.73. The summed E-state index contributed by atoms with van der Waals surface area (Å²) in [5, 5.41) is 5.08. The van der Waals surface area contributed by atoms with Gasteiger partial charge in [-0.05, 0) is 37.1 Å². The fourth-order valence-electron chi connectivity index (χ4n) is 2.98. The average Bonchev–Trinajstić information content (AvgIpc) is 3.25. The van der Waals surface area contributed by atoms with E-state index in [-0.39, 0.29) is 12.4 Å². The Bertz CT molecular complexity index is 893. The van der Waals surface area contributed by atoms with Crippen molar-refractivity contribution in [2.75, 3.05) is 6.54 Å². The van der Waals surface area contributed by atoms with Gasteiger partial charge in [0.1, 0.15) is 29.5 Å². The molecule has 0 atom stereocenters. The van der Waals surface area contributed by atoms with Gasteiger partial charge in [-0.2, -0.15) is 0 Å². The van der Waals surface area contributed by atoms with Gasteiger partial charge in [0.15, 0.2) is 0 Å². The van der Waals surface area contributed by atoms with Crippen LogP contribution in [0.1, 0.15) is 32.4 Å². The second kappa shape index (κ2) is 8.05. The van der Waals surface area contributed by atoms with E-state index in [9.17, 15) is 18.8 Å². The number of hydrogen-bond donors (Lipinski definition) is 1. The zero-order valence-corrected chi connectivity index (χ0v) is 16.3. The van der Waals surface area contributed by atoms with Crippen LogP contribution in [-0.2, 0) is 20.9 Å². The normalized spacial score (nSPS) is 15.6. The van der Waals surface area contributed by atoms with Crippen LogP contribution in [0, 0.1) is 5.82 Å². The van der Waals surface area contributed by atoms with Gasteiger partial charge >= 0.3 is 12.0 Å². The standard InChI is InChI=1S/C19H20FN3O4S/c1-3-19(4-2)17(25)23(18(26)22-19)9-15(24)27-10-14-11-28-16(21-14)12-5-7-13(20)8-6-12/h5-8,11H,3-4,9-10H2,1-2H3,(H,22,26). The molecular formula is C19H20FN3O4S. The van der Waals surface area contributed by atoms with Gasteiger partial charge in [-0.25, -0.2) is 14.2 Å². The van der Waals surface area contributed by atoms with E-state index in [2.05, 4.69) is 10.3 Å². The summed E-state index contributed by atoms with van der Waals surface area (Å²) in [6.07, 6.45) is 0.898. The number of nitrogens with zero attached hydrogens (tertiary/aromatic N) is 2. The fourth-order valence-corrected chi connectivity index (χ4v) is 3.79. The number of benzene rings is 1. The Morgan fingerprint density at radius 1 is 1.25 bits per heavy atom. The van der Waals surface area contributed by atoms with Crippen molar-refractivity contribution in [2.24, 2.45) is 0 Å². The Morgan fingerprint density at radius 2 is 1.93 bits per heavy atom. The maximum atomic E-state index is 13.0. The predicted octanol–water partition coefficient (Wildman–Crippen LogP) is 3.10. The van der Waals surface area contributed by atoms with Crippen LogP contribution in [0.2, 0.25) is 0 Å². The summed E-state index contributed by atoms with van der Waals surface area (Å²) in [5.74, 6) is -1.43. The minimum Gasteiger partial charge on any atom is -0.458 e. The number of hydrogen-bond acceptors (Lipinski definition) is 6. The smallest absolute Gasteiger partial charge is 0.326 e. The van der Waals surface area contributed by atoms with Gasteiger partial charge in [0.05, 0.1) is 5.69 Å². The van der Waals surface area contributed by atoms with Gasteiger partial charge in [-0.1, -0.05) is 13.8 Å². The molecule has 1 N–H and O–H groups in total. The Morgan fingerprint density at radius 3 is 2.54 bits per heavy atom. The maximum absolute atomic E-state index is 13.0. The number of rotatable bonds is 7. The molecule has 0 aliphatic carbocycles. The Hall–Kier alpha value is -2.81. The highest BCUT2D eigenvalue weighted by Gasteiger charge is 2.49. The highest BCUT2D eigenvalue weighted by molar-refractivity contribution is 7.13. The third kappa shape index (κ3) is 3.89. The van der Waals surface area contributed by atoms with Crippen LogP contribution >= 0.6 is 11.3 Å². The third-order valence-electron chi connectivity index (χ3n) is 4.76. The number of carbonyl (C=O) groups is 3. The summed E-state index contributed by atoms with van der Waals surface area (Å²) in [6, 6.07) is 5.35. The predicted molar refractivity (Wildman–Crippen MR) is 101 cm³/mol. The number of halogens is 1. The van der Waals surface area contributed by atoms with E-state index in [1.165, 1.54) is 23.5 Å². The van der Waals surface area contributed by atoms with Gasteiger partial charge < -0.3 is 10.1 Å². The number of urea groups is 1. The van der Waals surface area contributed by atoms with Gasteiger partial charge in [-0.3, -0.25) is 14.5 Å². The van der Waals surface area contributed by atoms with Crippen LogP contribution in [0.25, 0.3) is 10.6 Å². The van der Waals surface area contributed by atoms with Crippen molar-refractivity contribution >= 4 is 29.2 Å². The summed E-state index contributed by atoms with van der Waals surface area (Å²) < 4.78 is 18.2. The first-order chi connectivity index (χ1) is 13.4. The molecule has 0 unspecified atom stereocenters. The zero-order chi connectivity index (χ0) is 20.3. The van der Waals surface area contributed by atoms with Gasteiger partial charge in [0, 0.05) is 10.9 Å². The minimum atomic E-state index is -0.948. The zero-order valence-electron chi connectivity index (χ0n) is 15.5. The molecule has 148 valence electrons. The van der Waals surface area contributed by atoms with E-state index in [1.54, 1.807) is 17.5 Å². The minimum absolute atomic E-state index is 0.0765. The molecule has 0 radical (unpaired) electrons. The number of aromatic nitrogens is 1. The molecule has 1 aromatic heterocycles. The largest absolute Gasteiger partial charge is 0.458 e. The number of esters is 1. The third-order valence-corrected chi connectivity index (χ3v) is 5.70.